The van der Waals surface area contributed by atoms with Crippen LogP contribution in [-0.2, 0) is 11.8 Å². The minimum Gasteiger partial charge on any atom is -1.00 e. The number of rotatable bonds is 1. The van der Waals surface area contributed by atoms with Crippen molar-refractivity contribution in [1.29, 1.82) is 0 Å². The quantitative estimate of drug-likeness (QED) is 0.353. The fourth-order valence-electron chi connectivity index (χ4n) is 2.66. The number of aryl methyl sites for hydroxylation is 1. The maximum Gasteiger partial charge on any atom is 0.170 e. The van der Waals surface area contributed by atoms with Gasteiger partial charge >= 0.3 is 0 Å². The molecule has 3 rings (SSSR count). The molecule has 0 spiro atoms. The van der Waals surface area contributed by atoms with Crippen LogP contribution in [0.2, 0.25) is 0 Å². The molecule has 0 fully saturated rings. The van der Waals surface area contributed by atoms with E-state index in [1.54, 1.807) is 0 Å². The van der Waals surface area contributed by atoms with E-state index in [0.29, 0.717) is 0 Å². The summed E-state index contributed by atoms with van der Waals surface area (Å²) in [5.41, 5.74) is 4.02. The Kier molecular flexibility index (Phi) is 5.01. The standard InChI is InChI=1S/C18H19N2O.HI/c1-13-16(14-4-8-19(2)9-5-14)12-17(18(13)21)15-6-10-20(3)11-7-15;/h4-13H,1-3H3;1H/q+1;/p-1. The molecule has 1 aromatic heterocycles. The molecule has 22 heavy (non-hydrogen) atoms. The topological polar surface area (TPSA) is 24.2 Å². The molecule has 1 unspecified atom stereocenters. The normalized spacial score (nSPS) is 20.3. The number of hydrogen-bond donors (Lipinski definition) is 0. The van der Waals surface area contributed by atoms with Crippen molar-refractivity contribution in [2.75, 3.05) is 7.05 Å². The van der Waals surface area contributed by atoms with Crippen LogP contribution in [-0.4, -0.2) is 17.7 Å². The minimum absolute atomic E-state index is 0. The van der Waals surface area contributed by atoms with Crippen LogP contribution >= 0.6 is 0 Å². The summed E-state index contributed by atoms with van der Waals surface area (Å²) in [4.78, 5) is 14.5. The molecule has 0 amide bonds. The predicted molar refractivity (Wildman–Crippen MR) is 82.8 cm³/mol. The van der Waals surface area contributed by atoms with E-state index in [2.05, 4.69) is 12.1 Å². The van der Waals surface area contributed by atoms with Gasteiger partial charge in [-0.2, -0.15) is 0 Å². The number of carbonyl (C=O) groups excluding carboxylic acids is 1. The molecular weight excluding hydrogens is 387 g/mol. The lowest BCUT2D eigenvalue weighted by Crippen LogP contribution is -3.00. The van der Waals surface area contributed by atoms with Crippen molar-refractivity contribution in [2.24, 2.45) is 13.0 Å². The first-order chi connectivity index (χ1) is 10.1. The lowest BCUT2D eigenvalue weighted by Gasteiger charge is -2.13. The Balaban J connectivity index is 0.00000176. The number of carbonyl (C=O) groups is 1. The molecule has 0 bridgehead atoms. The SMILES string of the molecule is CC1C(=O)C(=C2C=CN(C)C=C2)C=C1c1cc[n+](C)cc1.[I-]. The highest BCUT2D eigenvalue weighted by Gasteiger charge is 2.30. The maximum atomic E-state index is 12.5. The summed E-state index contributed by atoms with van der Waals surface area (Å²) in [6, 6.07) is 4.12. The van der Waals surface area contributed by atoms with Crippen LogP contribution in [0.15, 0.2) is 66.3 Å². The Morgan fingerprint density at radius 1 is 1.14 bits per heavy atom. The molecule has 114 valence electrons. The van der Waals surface area contributed by atoms with Crippen molar-refractivity contribution in [3.8, 4) is 0 Å². The Hall–Kier alpha value is -1.69. The van der Waals surface area contributed by atoms with Gasteiger partial charge in [-0.05, 0) is 34.9 Å². The zero-order valence-corrected chi connectivity index (χ0v) is 15.1. The number of Topliss-reactive ketones (excluding diaryl/α,β-unsaturated/α-hetero) is 1. The largest absolute Gasteiger partial charge is 1.00 e. The molecule has 3 nitrogen and oxygen atoms in total. The van der Waals surface area contributed by atoms with Gasteiger partial charge in [0.05, 0.1) is 0 Å². The second-order valence-electron chi connectivity index (χ2n) is 5.60. The van der Waals surface area contributed by atoms with Crippen molar-refractivity contribution in [2.45, 2.75) is 6.92 Å². The highest BCUT2D eigenvalue weighted by molar-refractivity contribution is 6.13. The van der Waals surface area contributed by atoms with Gasteiger partial charge in [0.2, 0.25) is 0 Å². The zero-order valence-electron chi connectivity index (χ0n) is 13.0. The van der Waals surface area contributed by atoms with Crippen LogP contribution in [0.25, 0.3) is 5.57 Å². The number of allylic oxidation sites excluding steroid dienone is 6. The van der Waals surface area contributed by atoms with Crippen molar-refractivity contribution in [1.82, 2.24) is 4.90 Å². The summed E-state index contributed by atoms with van der Waals surface area (Å²) in [5.74, 6) is 0.119. The van der Waals surface area contributed by atoms with Crippen LogP contribution in [0.4, 0.5) is 0 Å². The average molecular weight is 406 g/mol. The van der Waals surface area contributed by atoms with E-state index in [0.717, 1.165) is 22.3 Å². The van der Waals surface area contributed by atoms with Gasteiger partial charge in [-0.1, -0.05) is 6.92 Å². The van der Waals surface area contributed by atoms with Crippen LogP contribution in [0, 0.1) is 5.92 Å². The first kappa shape index (κ1) is 16.7. The van der Waals surface area contributed by atoms with Gasteiger partial charge in [0.1, 0.15) is 7.05 Å². The molecule has 1 aromatic rings. The van der Waals surface area contributed by atoms with Gasteiger partial charge in [0, 0.05) is 43.1 Å². The van der Waals surface area contributed by atoms with Gasteiger partial charge in [0.15, 0.2) is 18.2 Å². The van der Waals surface area contributed by atoms with Crippen LogP contribution in [0.1, 0.15) is 12.5 Å². The first-order valence-electron chi connectivity index (χ1n) is 7.10. The summed E-state index contributed by atoms with van der Waals surface area (Å²) in [6.45, 7) is 1.98. The molecule has 0 saturated carbocycles. The van der Waals surface area contributed by atoms with Crippen LogP contribution in [0.5, 0.6) is 0 Å². The third kappa shape index (κ3) is 3.06. The highest BCUT2D eigenvalue weighted by atomic mass is 127. The van der Waals surface area contributed by atoms with Gasteiger partial charge < -0.3 is 28.9 Å². The number of hydrogen-bond acceptors (Lipinski definition) is 2. The third-order valence-electron chi connectivity index (χ3n) is 4.03. The Morgan fingerprint density at radius 2 is 1.73 bits per heavy atom. The molecule has 2 aliphatic rings. The van der Waals surface area contributed by atoms with E-state index in [4.69, 9.17) is 0 Å². The average Bonchev–Trinajstić information content (AvgIpc) is 2.78. The molecule has 4 heteroatoms. The number of ketones is 1. The van der Waals surface area contributed by atoms with Crippen molar-refractivity contribution >= 4 is 11.4 Å². The number of halogens is 1. The van der Waals surface area contributed by atoms with Gasteiger partial charge in [-0.25, -0.2) is 4.57 Å². The fraction of sp³-hybridized carbons (Fsp3) is 0.222. The maximum absolute atomic E-state index is 12.5. The monoisotopic (exact) mass is 406 g/mol. The van der Waals surface area contributed by atoms with Crippen molar-refractivity contribution in [3.05, 3.63) is 71.9 Å². The predicted octanol–water partition coefficient (Wildman–Crippen LogP) is -0.613. The second-order valence-corrected chi connectivity index (χ2v) is 5.60. The second kappa shape index (κ2) is 6.60. The van der Waals surface area contributed by atoms with Crippen molar-refractivity contribution < 1.29 is 33.3 Å². The van der Waals surface area contributed by atoms with Crippen molar-refractivity contribution in [3.63, 3.8) is 0 Å². The van der Waals surface area contributed by atoms with E-state index in [9.17, 15) is 4.79 Å². The Bertz CT molecular complexity index is 695. The van der Waals surface area contributed by atoms with Crippen LogP contribution in [0.3, 0.4) is 0 Å². The summed E-state index contributed by atoms with van der Waals surface area (Å²) in [6.07, 6.45) is 14.0. The minimum atomic E-state index is -0.0818. The molecule has 1 atom stereocenters. The molecule has 0 radical (unpaired) electrons. The van der Waals surface area contributed by atoms with E-state index in [1.165, 1.54) is 0 Å². The molecule has 2 heterocycles. The summed E-state index contributed by atoms with van der Waals surface area (Å²) >= 11 is 0. The smallest absolute Gasteiger partial charge is 0.170 e. The summed E-state index contributed by atoms with van der Waals surface area (Å²) in [7, 11) is 3.96. The number of nitrogens with zero attached hydrogens (tertiary/aromatic N) is 2. The number of pyridine rings is 1. The zero-order chi connectivity index (χ0) is 15.0. The summed E-state index contributed by atoms with van der Waals surface area (Å²) < 4.78 is 1.99. The van der Waals surface area contributed by atoms with E-state index < -0.39 is 0 Å². The highest BCUT2D eigenvalue weighted by Crippen LogP contribution is 2.35. The Morgan fingerprint density at radius 3 is 2.32 bits per heavy atom. The molecular formula is C18H19IN2O. The molecule has 0 N–H and O–H groups in total. The molecule has 0 aromatic carbocycles. The molecule has 1 aliphatic heterocycles. The van der Waals surface area contributed by atoms with Gasteiger partial charge in [0.25, 0.3) is 0 Å². The Labute approximate surface area is 148 Å². The van der Waals surface area contributed by atoms with E-state index in [-0.39, 0.29) is 35.7 Å². The fourth-order valence-corrected chi connectivity index (χ4v) is 2.66. The number of aromatic nitrogens is 1. The third-order valence-corrected chi connectivity index (χ3v) is 4.03. The molecule has 1 aliphatic carbocycles. The van der Waals surface area contributed by atoms with E-state index in [1.807, 2.05) is 73.5 Å². The summed E-state index contributed by atoms with van der Waals surface area (Å²) in [5, 5.41) is 0. The van der Waals surface area contributed by atoms with E-state index >= 15 is 0 Å². The molecule has 0 saturated heterocycles. The van der Waals surface area contributed by atoms with Gasteiger partial charge in [-0.15, -0.1) is 0 Å². The van der Waals surface area contributed by atoms with Gasteiger partial charge in [-0.3, -0.25) is 4.79 Å². The lowest BCUT2D eigenvalue weighted by molar-refractivity contribution is -0.671. The first-order valence-corrected chi connectivity index (χ1v) is 7.10. The van der Waals surface area contributed by atoms with Crippen LogP contribution < -0.4 is 28.5 Å². The lowest BCUT2D eigenvalue weighted by atomic mass is 9.96.